The van der Waals surface area contributed by atoms with Crippen LogP contribution in [0, 0.1) is 0 Å². The molecule has 1 N–H and O–H groups in total. The Hall–Kier alpha value is -1.36. The van der Waals surface area contributed by atoms with Gasteiger partial charge in [-0.15, -0.1) is 6.58 Å². The highest BCUT2D eigenvalue weighted by Gasteiger charge is 2.15. The van der Waals surface area contributed by atoms with E-state index in [1.807, 2.05) is 0 Å². The topological polar surface area (TPSA) is 52.7 Å². The standard InChI is InChI=1S/C11H19N3O2/c1-2-4-12-11(16)3-5-13-6-8-14(10-15)9-7-13/h2,10H,1,3-9H2,(H,12,16). The first-order chi connectivity index (χ1) is 7.76. The predicted molar refractivity (Wildman–Crippen MR) is 61.9 cm³/mol. The molecule has 0 aromatic heterocycles. The van der Waals surface area contributed by atoms with E-state index < -0.39 is 0 Å². The Labute approximate surface area is 96.1 Å². The zero-order valence-electron chi connectivity index (χ0n) is 9.52. The molecule has 16 heavy (non-hydrogen) atoms. The summed E-state index contributed by atoms with van der Waals surface area (Å²) in [6, 6.07) is 0. The van der Waals surface area contributed by atoms with E-state index in [1.165, 1.54) is 0 Å². The second-order valence-corrected chi connectivity index (χ2v) is 3.83. The normalized spacial score (nSPS) is 16.9. The molecule has 1 saturated heterocycles. The zero-order valence-corrected chi connectivity index (χ0v) is 9.52. The van der Waals surface area contributed by atoms with Crippen molar-refractivity contribution in [3.05, 3.63) is 12.7 Å². The van der Waals surface area contributed by atoms with Crippen molar-refractivity contribution >= 4 is 12.3 Å². The minimum atomic E-state index is 0.0534. The van der Waals surface area contributed by atoms with Crippen molar-refractivity contribution in [1.29, 1.82) is 0 Å². The molecule has 0 aliphatic carbocycles. The maximum absolute atomic E-state index is 11.3. The van der Waals surface area contributed by atoms with Crippen LogP contribution in [0.3, 0.4) is 0 Å². The summed E-state index contributed by atoms with van der Waals surface area (Å²) in [5, 5.41) is 2.74. The van der Waals surface area contributed by atoms with Gasteiger partial charge in [-0.3, -0.25) is 14.5 Å². The van der Waals surface area contributed by atoms with E-state index in [2.05, 4.69) is 16.8 Å². The van der Waals surface area contributed by atoms with Gasteiger partial charge in [0.05, 0.1) is 0 Å². The Morgan fingerprint density at radius 1 is 1.31 bits per heavy atom. The molecule has 1 aliphatic heterocycles. The van der Waals surface area contributed by atoms with Crippen molar-refractivity contribution in [2.75, 3.05) is 39.3 Å². The summed E-state index contributed by atoms with van der Waals surface area (Å²) in [6.07, 6.45) is 3.06. The molecule has 0 bridgehead atoms. The van der Waals surface area contributed by atoms with Crippen LogP contribution < -0.4 is 5.32 Å². The van der Waals surface area contributed by atoms with E-state index in [1.54, 1.807) is 11.0 Å². The van der Waals surface area contributed by atoms with Crippen molar-refractivity contribution in [2.24, 2.45) is 0 Å². The van der Waals surface area contributed by atoms with Gasteiger partial charge in [0.1, 0.15) is 0 Å². The lowest BCUT2D eigenvalue weighted by atomic mass is 10.3. The van der Waals surface area contributed by atoms with Gasteiger partial charge in [-0.2, -0.15) is 0 Å². The number of nitrogens with zero attached hydrogens (tertiary/aromatic N) is 2. The van der Waals surface area contributed by atoms with Crippen molar-refractivity contribution in [2.45, 2.75) is 6.42 Å². The summed E-state index contributed by atoms with van der Waals surface area (Å²) in [5.74, 6) is 0.0534. The first-order valence-corrected chi connectivity index (χ1v) is 5.55. The summed E-state index contributed by atoms with van der Waals surface area (Å²) < 4.78 is 0. The molecular weight excluding hydrogens is 206 g/mol. The number of carbonyl (C=O) groups is 2. The minimum Gasteiger partial charge on any atom is -0.353 e. The van der Waals surface area contributed by atoms with E-state index in [4.69, 9.17) is 0 Å². The van der Waals surface area contributed by atoms with Crippen LogP contribution >= 0.6 is 0 Å². The van der Waals surface area contributed by atoms with Crippen molar-refractivity contribution < 1.29 is 9.59 Å². The Morgan fingerprint density at radius 3 is 2.56 bits per heavy atom. The van der Waals surface area contributed by atoms with Crippen LogP contribution in [0.1, 0.15) is 6.42 Å². The minimum absolute atomic E-state index is 0.0534. The summed E-state index contributed by atoms with van der Waals surface area (Å²) in [4.78, 5) is 25.8. The highest BCUT2D eigenvalue weighted by Crippen LogP contribution is 2.00. The largest absolute Gasteiger partial charge is 0.353 e. The van der Waals surface area contributed by atoms with Crippen LogP contribution in [0.5, 0.6) is 0 Å². The molecule has 0 atom stereocenters. The molecule has 5 nitrogen and oxygen atoms in total. The highest BCUT2D eigenvalue weighted by molar-refractivity contribution is 5.76. The van der Waals surface area contributed by atoms with Gasteiger partial charge in [0.15, 0.2) is 0 Å². The maximum Gasteiger partial charge on any atom is 0.221 e. The van der Waals surface area contributed by atoms with E-state index >= 15 is 0 Å². The van der Waals surface area contributed by atoms with Gasteiger partial charge in [0, 0.05) is 45.7 Å². The third-order valence-corrected chi connectivity index (χ3v) is 2.65. The fourth-order valence-electron chi connectivity index (χ4n) is 1.63. The van der Waals surface area contributed by atoms with Crippen LogP contribution in [0.25, 0.3) is 0 Å². The smallest absolute Gasteiger partial charge is 0.221 e. The SMILES string of the molecule is C=CCNC(=O)CCN1CCN(C=O)CC1. The second-order valence-electron chi connectivity index (χ2n) is 3.83. The van der Waals surface area contributed by atoms with Gasteiger partial charge < -0.3 is 10.2 Å². The molecule has 1 aliphatic rings. The number of amides is 2. The predicted octanol–water partition coefficient (Wildman–Crippen LogP) is -0.547. The molecule has 0 aromatic carbocycles. The number of hydrogen-bond donors (Lipinski definition) is 1. The Balaban J connectivity index is 2.12. The maximum atomic E-state index is 11.3. The fourth-order valence-corrected chi connectivity index (χ4v) is 1.63. The quantitative estimate of drug-likeness (QED) is 0.487. The molecule has 1 fully saturated rings. The Kier molecular flexibility index (Phi) is 5.56. The van der Waals surface area contributed by atoms with Crippen molar-refractivity contribution in [3.8, 4) is 0 Å². The molecule has 1 rings (SSSR count). The molecule has 2 amide bonds. The average Bonchev–Trinajstić information content (AvgIpc) is 2.34. The molecule has 0 spiro atoms. The van der Waals surface area contributed by atoms with E-state index in [-0.39, 0.29) is 5.91 Å². The lowest BCUT2D eigenvalue weighted by Gasteiger charge is -2.32. The van der Waals surface area contributed by atoms with Crippen LogP contribution in [-0.4, -0.2) is 61.4 Å². The average molecular weight is 225 g/mol. The van der Waals surface area contributed by atoms with Gasteiger partial charge in [0.2, 0.25) is 12.3 Å². The summed E-state index contributed by atoms with van der Waals surface area (Å²) in [7, 11) is 0. The van der Waals surface area contributed by atoms with Crippen LogP contribution in [0.4, 0.5) is 0 Å². The Bertz CT molecular complexity index is 248. The highest BCUT2D eigenvalue weighted by atomic mass is 16.1. The van der Waals surface area contributed by atoms with Gasteiger partial charge in [-0.1, -0.05) is 6.08 Å². The van der Waals surface area contributed by atoms with Crippen LogP contribution in [-0.2, 0) is 9.59 Å². The van der Waals surface area contributed by atoms with E-state index in [9.17, 15) is 9.59 Å². The summed E-state index contributed by atoms with van der Waals surface area (Å²) >= 11 is 0. The summed E-state index contributed by atoms with van der Waals surface area (Å²) in [6.45, 7) is 8.05. The molecule has 1 heterocycles. The second kappa shape index (κ2) is 7.00. The van der Waals surface area contributed by atoms with Crippen LogP contribution in [0.2, 0.25) is 0 Å². The monoisotopic (exact) mass is 225 g/mol. The van der Waals surface area contributed by atoms with E-state index in [0.717, 1.165) is 39.1 Å². The summed E-state index contributed by atoms with van der Waals surface area (Å²) in [5.41, 5.74) is 0. The lowest BCUT2D eigenvalue weighted by Crippen LogP contribution is -2.46. The number of hydrogen-bond acceptors (Lipinski definition) is 3. The van der Waals surface area contributed by atoms with Crippen molar-refractivity contribution in [1.82, 2.24) is 15.1 Å². The van der Waals surface area contributed by atoms with E-state index in [0.29, 0.717) is 13.0 Å². The van der Waals surface area contributed by atoms with Gasteiger partial charge in [-0.05, 0) is 0 Å². The lowest BCUT2D eigenvalue weighted by molar-refractivity contribution is -0.122. The van der Waals surface area contributed by atoms with Crippen LogP contribution in [0.15, 0.2) is 12.7 Å². The molecule has 0 unspecified atom stereocenters. The first kappa shape index (κ1) is 12.7. The van der Waals surface area contributed by atoms with Gasteiger partial charge in [0.25, 0.3) is 0 Å². The molecule has 0 aromatic rings. The van der Waals surface area contributed by atoms with Gasteiger partial charge >= 0.3 is 0 Å². The fraction of sp³-hybridized carbons (Fsp3) is 0.636. The molecule has 5 heteroatoms. The molecule has 90 valence electrons. The molecule has 0 radical (unpaired) electrons. The third kappa shape index (κ3) is 4.44. The van der Waals surface area contributed by atoms with Gasteiger partial charge in [-0.25, -0.2) is 0 Å². The number of rotatable bonds is 6. The first-order valence-electron chi connectivity index (χ1n) is 5.55. The number of piperazine rings is 1. The zero-order chi connectivity index (χ0) is 11.8. The van der Waals surface area contributed by atoms with Crippen molar-refractivity contribution in [3.63, 3.8) is 0 Å². The number of carbonyl (C=O) groups excluding carboxylic acids is 2. The number of nitrogens with one attached hydrogen (secondary N) is 1. The third-order valence-electron chi connectivity index (χ3n) is 2.65. The molecular formula is C11H19N3O2. The Morgan fingerprint density at radius 2 is 2.00 bits per heavy atom. The molecule has 0 saturated carbocycles.